The molecule has 0 aromatic heterocycles. The van der Waals surface area contributed by atoms with Gasteiger partial charge in [-0.05, 0) is 49.9 Å². The van der Waals surface area contributed by atoms with Gasteiger partial charge in [-0.25, -0.2) is 8.42 Å². The second-order valence-electron chi connectivity index (χ2n) is 6.22. The lowest BCUT2D eigenvalue weighted by molar-refractivity contribution is -0.124. The van der Waals surface area contributed by atoms with Crippen molar-refractivity contribution in [2.75, 3.05) is 6.54 Å². The molecular weight excluding hydrogens is 336 g/mol. The Labute approximate surface area is 142 Å². The molecule has 1 aromatic rings. The number of rotatable bonds is 4. The molecule has 23 heavy (non-hydrogen) atoms. The molecule has 5 nitrogen and oxygen atoms in total. The van der Waals surface area contributed by atoms with Crippen LogP contribution in [0.4, 0.5) is 0 Å². The number of carbonyl (C=O) groups is 1. The van der Waals surface area contributed by atoms with E-state index in [0.29, 0.717) is 24.4 Å². The van der Waals surface area contributed by atoms with Gasteiger partial charge in [0.05, 0.1) is 4.90 Å². The molecule has 2 aliphatic rings. The van der Waals surface area contributed by atoms with Gasteiger partial charge in [0.25, 0.3) is 0 Å². The minimum atomic E-state index is -3.67. The fourth-order valence-electron chi connectivity index (χ4n) is 3.40. The van der Waals surface area contributed by atoms with Crippen LogP contribution in [0.1, 0.15) is 38.5 Å². The maximum atomic E-state index is 12.8. The lowest BCUT2D eigenvalue weighted by atomic mass is 10.2. The van der Waals surface area contributed by atoms with Gasteiger partial charge < -0.3 is 5.32 Å². The first-order valence-corrected chi connectivity index (χ1v) is 9.88. The van der Waals surface area contributed by atoms with E-state index in [9.17, 15) is 13.2 Å². The molecule has 1 saturated carbocycles. The molecule has 2 fully saturated rings. The number of halogens is 1. The highest BCUT2D eigenvalue weighted by atomic mass is 35.5. The fourth-order valence-corrected chi connectivity index (χ4v) is 5.18. The number of hydrogen-bond acceptors (Lipinski definition) is 3. The Morgan fingerprint density at radius 2 is 1.74 bits per heavy atom. The third-order valence-corrected chi connectivity index (χ3v) is 6.80. The Balaban J connectivity index is 1.77. The van der Waals surface area contributed by atoms with E-state index in [0.717, 1.165) is 25.7 Å². The predicted octanol–water partition coefficient (Wildman–Crippen LogP) is 2.55. The maximum Gasteiger partial charge on any atom is 0.243 e. The van der Waals surface area contributed by atoms with Crippen LogP contribution in [0.5, 0.6) is 0 Å². The van der Waals surface area contributed by atoms with E-state index in [1.807, 2.05) is 0 Å². The van der Waals surface area contributed by atoms with Crippen LogP contribution in [0, 0.1) is 0 Å². The standard InChI is InChI=1S/C16H21ClN2O3S/c17-12-7-9-14(10-8-12)23(21,22)19-11-3-6-15(19)16(20)18-13-4-1-2-5-13/h7-10,13,15H,1-6,11H2,(H,18,20)/t15-/m0/s1. The van der Waals surface area contributed by atoms with E-state index in [1.165, 1.54) is 16.4 Å². The molecule has 7 heteroatoms. The van der Waals surface area contributed by atoms with Crippen molar-refractivity contribution in [3.05, 3.63) is 29.3 Å². The summed E-state index contributed by atoms with van der Waals surface area (Å²) < 4.78 is 26.9. The summed E-state index contributed by atoms with van der Waals surface area (Å²) in [4.78, 5) is 12.7. The topological polar surface area (TPSA) is 66.5 Å². The summed E-state index contributed by atoms with van der Waals surface area (Å²) in [6, 6.07) is 5.68. The van der Waals surface area contributed by atoms with Crippen LogP contribution in [0.15, 0.2) is 29.2 Å². The van der Waals surface area contributed by atoms with Crippen molar-refractivity contribution < 1.29 is 13.2 Å². The van der Waals surface area contributed by atoms with Crippen molar-refractivity contribution in [3.63, 3.8) is 0 Å². The van der Waals surface area contributed by atoms with Crippen molar-refractivity contribution in [2.45, 2.75) is 55.5 Å². The number of nitrogens with zero attached hydrogens (tertiary/aromatic N) is 1. The highest BCUT2D eigenvalue weighted by Gasteiger charge is 2.40. The predicted molar refractivity (Wildman–Crippen MR) is 88.8 cm³/mol. The molecular formula is C16H21ClN2O3S. The quantitative estimate of drug-likeness (QED) is 0.901. The van der Waals surface area contributed by atoms with Crippen LogP contribution in [-0.4, -0.2) is 37.3 Å². The monoisotopic (exact) mass is 356 g/mol. The van der Waals surface area contributed by atoms with E-state index in [2.05, 4.69) is 5.32 Å². The SMILES string of the molecule is O=C(NC1CCCC1)[C@@H]1CCCN1S(=O)(=O)c1ccc(Cl)cc1. The van der Waals surface area contributed by atoms with Crippen LogP contribution in [-0.2, 0) is 14.8 Å². The van der Waals surface area contributed by atoms with Crippen molar-refractivity contribution in [1.29, 1.82) is 0 Å². The van der Waals surface area contributed by atoms with E-state index in [-0.39, 0.29) is 16.8 Å². The van der Waals surface area contributed by atoms with Crippen molar-refractivity contribution in [1.82, 2.24) is 9.62 Å². The summed E-state index contributed by atoms with van der Waals surface area (Å²) in [5.41, 5.74) is 0. The number of nitrogens with one attached hydrogen (secondary N) is 1. The molecule has 1 saturated heterocycles. The third-order valence-electron chi connectivity index (χ3n) is 4.63. The zero-order valence-corrected chi connectivity index (χ0v) is 14.4. The molecule has 1 aliphatic carbocycles. The molecule has 0 radical (unpaired) electrons. The Morgan fingerprint density at radius 3 is 2.39 bits per heavy atom. The van der Waals surface area contributed by atoms with Crippen LogP contribution >= 0.6 is 11.6 Å². The Hall–Kier alpha value is -1.11. The fraction of sp³-hybridized carbons (Fsp3) is 0.562. The minimum absolute atomic E-state index is 0.160. The third kappa shape index (κ3) is 3.54. The highest BCUT2D eigenvalue weighted by molar-refractivity contribution is 7.89. The van der Waals surface area contributed by atoms with Gasteiger partial charge >= 0.3 is 0 Å². The molecule has 1 amide bonds. The molecule has 1 N–H and O–H groups in total. The molecule has 1 heterocycles. The van der Waals surface area contributed by atoms with Gasteiger partial charge in [0.15, 0.2) is 0 Å². The average Bonchev–Trinajstić information content (AvgIpc) is 3.19. The van der Waals surface area contributed by atoms with Crippen molar-refractivity contribution >= 4 is 27.5 Å². The Bertz CT molecular complexity index is 669. The smallest absolute Gasteiger partial charge is 0.243 e. The number of benzene rings is 1. The summed E-state index contributed by atoms with van der Waals surface area (Å²) >= 11 is 5.82. The summed E-state index contributed by atoms with van der Waals surface area (Å²) in [6.07, 6.45) is 5.51. The summed E-state index contributed by atoms with van der Waals surface area (Å²) in [5.74, 6) is -0.160. The first-order valence-electron chi connectivity index (χ1n) is 8.06. The minimum Gasteiger partial charge on any atom is -0.352 e. The van der Waals surface area contributed by atoms with Gasteiger partial charge in [0, 0.05) is 17.6 Å². The van der Waals surface area contributed by atoms with Crippen molar-refractivity contribution in [2.24, 2.45) is 0 Å². The van der Waals surface area contributed by atoms with Crippen molar-refractivity contribution in [3.8, 4) is 0 Å². The lowest BCUT2D eigenvalue weighted by Crippen LogP contribution is -2.48. The van der Waals surface area contributed by atoms with Gasteiger partial charge in [-0.3, -0.25) is 4.79 Å². The van der Waals surface area contributed by atoms with Gasteiger partial charge in [-0.1, -0.05) is 24.4 Å². The second kappa shape index (κ2) is 6.79. The zero-order valence-electron chi connectivity index (χ0n) is 12.9. The van der Waals surface area contributed by atoms with E-state index in [4.69, 9.17) is 11.6 Å². The number of amides is 1. The molecule has 1 atom stereocenters. The molecule has 0 spiro atoms. The first-order chi connectivity index (χ1) is 11.0. The van der Waals surface area contributed by atoms with Crippen LogP contribution in [0.25, 0.3) is 0 Å². The van der Waals surface area contributed by atoms with Crippen LogP contribution in [0.2, 0.25) is 5.02 Å². The van der Waals surface area contributed by atoms with Gasteiger partial charge in [0.2, 0.25) is 15.9 Å². The first kappa shape index (κ1) is 16.7. The Morgan fingerprint density at radius 1 is 1.09 bits per heavy atom. The molecule has 3 rings (SSSR count). The van der Waals surface area contributed by atoms with Gasteiger partial charge in [-0.15, -0.1) is 0 Å². The molecule has 0 bridgehead atoms. The lowest BCUT2D eigenvalue weighted by Gasteiger charge is -2.25. The molecule has 1 aromatic carbocycles. The largest absolute Gasteiger partial charge is 0.352 e. The molecule has 0 unspecified atom stereocenters. The van der Waals surface area contributed by atoms with E-state index < -0.39 is 16.1 Å². The molecule has 126 valence electrons. The van der Waals surface area contributed by atoms with Gasteiger partial charge in [-0.2, -0.15) is 4.31 Å². The van der Waals surface area contributed by atoms with Gasteiger partial charge in [0.1, 0.15) is 6.04 Å². The van der Waals surface area contributed by atoms with E-state index >= 15 is 0 Å². The number of carbonyl (C=O) groups excluding carboxylic acids is 1. The Kier molecular flexibility index (Phi) is 4.94. The number of hydrogen-bond donors (Lipinski definition) is 1. The zero-order chi connectivity index (χ0) is 16.4. The summed E-state index contributed by atoms with van der Waals surface area (Å²) in [5, 5.41) is 3.50. The summed E-state index contributed by atoms with van der Waals surface area (Å²) in [7, 11) is -3.67. The van der Waals surface area contributed by atoms with Crippen LogP contribution < -0.4 is 5.32 Å². The second-order valence-corrected chi connectivity index (χ2v) is 8.54. The summed E-state index contributed by atoms with van der Waals surface area (Å²) in [6.45, 7) is 0.383. The normalized spacial score (nSPS) is 23.3. The van der Waals surface area contributed by atoms with Crippen LogP contribution in [0.3, 0.4) is 0 Å². The molecule has 1 aliphatic heterocycles. The average molecular weight is 357 g/mol. The maximum absolute atomic E-state index is 12.8. The van der Waals surface area contributed by atoms with E-state index in [1.54, 1.807) is 12.1 Å². The highest BCUT2D eigenvalue weighted by Crippen LogP contribution is 2.27. The number of sulfonamides is 1.